The normalized spacial score (nSPS) is 37.2. The predicted octanol–water partition coefficient (Wildman–Crippen LogP) is 1.47. The first kappa shape index (κ1) is 10.4. The molecule has 0 radical (unpaired) electrons. The summed E-state index contributed by atoms with van der Waals surface area (Å²) in [5, 5.41) is 1.26. The van der Waals surface area contributed by atoms with Crippen LogP contribution in [0.15, 0.2) is 22.9 Å². The quantitative estimate of drug-likeness (QED) is 0.647. The number of carbonyl (C=O) groups excluding carboxylic acids is 1. The number of fused-ring (bicyclic) bond motifs is 1. The van der Waals surface area contributed by atoms with Gasteiger partial charge in [0.15, 0.2) is 5.78 Å². The summed E-state index contributed by atoms with van der Waals surface area (Å²) in [5.41, 5.74) is 0.840. The maximum atomic E-state index is 11.9. The molecule has 0 aromatic rings. The highest BCUT2D eigenvalue weighted by molar-refractivity contribution is 6.84. The third-order valence-electron chi connectivity index (χ3n) is 3.57. The summed E-state index contributed by atoms with van der Waals surface area (Å²) < 4.78 is 11.5. The molecule has 2 unspecified atom stereocenters. The zero-order valence-corrected chi connectivity index (χ0v) is 10.9. The summed E-state index contributed by atoms with van der Waals surface area (Å²) in [5.74, 6) is 0.102. The average molecular weight is 236 g/mol. The lowest BCUT2D eigenvalue weighted by Crippen LogP contribution is -2.40. The Labute approximate surface area is 96.1 Å². The molecule has 0 N–H and O–H groups in total. The Bertz CT molecular complexity index is 430. The standard InChI is InChI=1S/C12H16O3Si/c1-16(2,3)11-8-6-14-7-12(8)5-4-9(13)10(11)15-12/h4-5,10H,6-7H2,1-3H3. The van der Waals surface area contributed by atoms with Crippen LogP contribution in [0, 0.1) is 0 Å². The van der Waals surface area contributed by atoms with Gasteiger partial charge in [0.2, 0.25) is 0 Å². The smallest absolute Gasteiger partial charge is 0.188 e. The van der Waals surface area contributed by atoms with Crippen molar-refractivity contribution in [2.24, 2.45) is 0 Å². The van der Waals surface area contributed by atoms with E-state index in [9.17, 15) is 4.79 Å². The number of carbonyl (C=O) groups is 1. The minimum absolute atomic E-state index is 0.102. The van der Waals surface area contributed by atoms with Crippen molar-refractivity contribution in [3.05, 3.63) is 22.9 Å². The van der Waals surface area contributed by atoms with E-state index in [0.29, 0.717) is 13.2 Å². The maximum Gasteiger partial charge on any atom is 0.188 e. The van der Waals surface area contributed by atoms with E-state index in [1.54, 1.807) is 6.08 Å². The zero-order chi connectivity index (χ0) is 11.6. The fourth-order valence-electron chi connectivity index (χ4n) is 2.89. The molecule has 16 heavy (non-hydrogen) atoms. The van der Waals surface area contributed by atoms with Crippen LogP contribution in [0.1, 0.15) is 0 Å². The molecule has 0 amide bonds. The van der Waals surface area contributed by atoms with Gasteiger partial charge in [-0.1, -0.05) is 19.6 Å². The highest BCUT2D eigenvalue weighted by Crippen LogP contribution is 2.47. The maximum absolute atomic E-state index is 11.9. The summed E-state index contributed by atoms with van der Waals surface area (Å²) in [6.45, 7) is 7.99. The van der Waals surface area contributed by atoms with E-state index in [0.717, 1.165) is 0 Å². The van der Waals surface area contributed by atoms with Crippen molar-refractivity contribution in [2.45, 2.75) is 31.3 Å². The Balaban J connectivity index is 2.20. The molecule has 1 fully saturated rings. The molecule has 3 rings (SSSR count). The van der Waals surface area contributed by atoms with Crippen LogP contribution in [0.3, 0.4) is 0 Å². The summed E-state index contributed by atoms with van der Waals surface area (Å²) in [6, 6.07) is 0. The van der Waals surface area contributed by atoms with Gasteiger partial charge in [-0.3, -0.25) is 4.79 Å². The topological polar surface area (TPSA) is 35.5 Å². The Kier molecular flexibility index (Phi) is 1.92. The third kappa shape index (κ3) is 1.18. The number of rotatable bonds is 1. The summed E-state index contributed by atoms with van der Waals surface area (Å²) >= 11 is 0. The second-order valence-electron chi connectivity index (χ2n) is 5.76. The molecule has 0 aliphatic carbocycles. The largest absolute Gasteiger partial charge is 0.373 e. The van der Waals surface area contributed by atoms with Crippen molar-refractivity contribution < 1.29 is 14.3 Å². The molecule has 4 heteroatoms. The van der Waals surface area contributed by atoms with Crippen LogP contribution >= 0.6 is 0 Å². The first-order valence-corrected chi connectivity index (χ1v) is 9.17. The molecular formula is C12H16O3Si. The molecule has 1 spiro atoms. The van der Waals surface area contributed by atoms with Gasteiger partial charge in [0.1, 0.15) is 11.7 Å². The molecule has 0 saturated carbocycles. The predicted molar refractivity (Wildman–Crippen MR) is 62.9 cm³/mol. The van der Waals surface area contributed by atoms with Crippen LogP contribution in [0.4, 0.5) is 0 Å². The first-order chi connectivity index (χ1) is 7.44. The second-order valence-corrected chi connectivity index (χ2v) is 10.8. The number of hydrogen-bond acceptors (Lipinski definition) is 3. The van der Waals surface area contributed by atoms with Crippen molar-refractivity contribution in [3.63, 3.8) is 0 Å². The van der Waals surface area contributed by atoms with Crippen LogP contribution < -0.4 is 0 Å². The second kappa shape index (κ2) is 2.94. The molecule has 3 nitrogen and oxygen atoms in total. The minimum Gasteiger partial charge on any atom is -0.373 e. The minimum atomic E-state index is -1.53. The van der Waals surface area contributed by atoms with Crippen molar-refractivity contribution in [1.29, 1.82) is 0 Å². The molecule has 2 bridgehead atoms. The molecule has 3 aliphatic rings. The fraction of sp³-hybridized carbons (Fsp3) is 0.583. The van der Waals surface area contributed by atoms with Crippen LogP contribution in [-0.2, 0) is 14.3 Å². The van der Waals surface area contributed by atoms with Gasteiger partial charge in [-0.25, -0.2) is 0 Å². The zero-order valence-electron chi connectivity index (χ0n) is 9.87. The molecular weight excluding hydrogens is 220 g/mol. The lowest BCUT2D eigenvalue weighted by atomic mass is 9.98. The van der Waals surface area contributed by atoms with E-state index in [1.807, 2.05) is 6.08 Å². The lowest BCUT2D eigenvalue weighted by Gasteiger charge is -2.27. The highest BCUT2D eigenvalue weighted by Gasteiger charge is 2.55. The number of hydrogen-bond donors (Lipinski definition) is 0. The van der Waals surface area contributed by atoms with E-state index in [1.165, 1.54) is 10.8 Å². The molecule has 86 valence electrons. The van der Waals surface area contributed by atoms with E-state index in [-0.39, 0.29) is 11.9 Å². The van der Waals surface area contributed by atoms with Gasteiger partial charge in [-0.2, -0.15) is 0 Å². The van der Waals surface area contributed by atoms with E-state index in [2.05, 4.69) is 19.6 Å². The Morgan fingerprint density at radius 2 is 2.19 bits per heavy atom. The fourth-order valence-corrected chi connectivity index (χ4v) is 5.07. The van der Waals surface area contributed by atoms with Crippen molar-refractivity contribution in [2.75, 3.05) is 13.2 Å². The van der Waals surface area contributed by atoms with E-state index in [4.69, 9.17) is 9.47 Å². The lowest BCUT2D eigenvalue weighted by molar-refractivity contribution is -0.129. The SMILES string of the molecule is C[Si](C)(C)C1=C2COCC23C=CC(=O)C1O3. The van der Waals surface area contributed by atoms with Gasteiger partial charge < -0.3 is 9.47 Å². The van der Waals surface area contributed by atoms with Crippen molar-refractivity contribution in [3.8, 4) is 0 Å². The van der Waals surface area contributed by atoms with Gasteiger partial charge in [0.05, 0.1) is 21.3 Å². The van der Waals surface area contributed by atoms with Crippen LogP contribution in [0.5, 0.6) is 0 Å². The number of ether oxygens (including phenoxy) is 2. The number of ketones is 1. The molecule has 1 saturated heterocycles. The Morgan fingerprint density at radius 1 is 1.44 bits per heavy atom. The van der Waals surface area contributed by atoms with Crippen molar-refractivity contribution >= 4 is 13.9 Å². The van der Waals surface area contributed by atoms with Crippen LogP contribution in [0.25, 0.3) is 0 Å². The van der Waals surface area contributed by atoms with Gasteiger partial charge in [-0.05, 0) is 22.9 Å². The third-order valence-corrected chi connectivity index (χ3v) is 5.75. The monoisotopic (exact) mass is 236 g/mol. The van der Waals surface area contributed by atoms with Gasteiger partial charge in [0, 0.05) is 0 Å². The molecule has 3 heterocycles. The Morgan fingerprint density at radius 3 is 2.88 bits per heavy atom. The molecule has 0 aromatic carbocycles. The summed E-state index contributed by atoms with van der Waals surface area (Å²) in [4.78, 5) is 11.9. The first-order valence-electron chi connectivity index (χ1n) is 5.67. The van der Waals surface area contributed by atoms with Gasteiger partial charge in [-0.15, -0.1) is 0 Å². The van der Waals surface area contributed by atoms with Gasteiger partial charge in [0.25, 0.3) is 0 Å². The summed E-state index contributed by atoms with van der Waals surface area (Å²) in [7, 11) is -1.53. The van der Waals surface area contributed by atoms with Crippen molar-refractivity contribution in [1.82, 2.24) is 0 Å². The molecule has 0 aromatic heterocycles. The van der Waals surface area contributed by atoms with E-state index >= 15 is 0 Å². The molecule has 2 atom stereocenters. The van der Waals surface area contributed by atoms with Crippen LogP contribution in [0.2, 0.25) is 19.6 Å². The van der Waals surface area contributed by atoms with E-state index < -0.39 is 13.7 Å². The highest BCUT2D eigenvalue weighted by atomic mass is 28.3. The summed E-state index contributed by atoms with van der Waals surface area (Å²) in [6.07, 6.45) is 3.26. The molecule has 3 aliphatic heterocycles. The average Bonchev–Trinajstić information content (AvgIpc) is 2.63. The van der Waals surface area contributed by atoms with Crippen LogP contribution in [-0.4, -0.2) is 38.8 Å². The Hall–Kier alpha value is -0.713. The van der Waals surface area contributed by atoms with Gasteiger partial charge >= 0.3 is 0 Å².